The standard InChI is InChI=1S/C26H26BO2/c1-25(2,28)26(3,4)29-27-22-15-14-19-16-21(13-12-20(19)17-22)24-11-7-9-18-8-5-6-10-23(18)24/h5-17,28H,1-4H3. The summed E-state index contributed by atoms with van der Waals surface area (Å²) < 4.78 is 5.90. The molecule has 0 saturated heterocycles. The second-order valence-corrected chi connectivity index (χ2v) is 8.65. The van der Waals surface area contributed by atoms with Crippen LogP contribution in [0.1, 0.15) is 27.7 Å². The van der Waals surface area contributed by atoms with Crippen molar-refractivity contribution in [3.05, 3.63) is 78.9 Å². The Morgan fingerprint density at radius 2 is 1.41 bits per heavy atom. The highest BCUT2D eigenvalue weighted by molar-refractivity contribution is 6.47. The van der Waals surface area contributed by atoms with Crippen molar-refractivity contribution in [3.63, 3.8) is 0 Å². The van der Waals surface area contributed by atoms with E-state index in [0.29, 0.717) is 0 Å². The van der Waals surface area contributed by atoms with Crippen LogP contribution in [0.4, 0.5) is 0 Å². The van der Waals surface area contributed by atoms with Crippen molar-refractivity contribution in [2.45, 2.75) is 38.9 Å². The van der Waals surface area contributed by atoms with Gasteiger partial charge in [0.05, 0.1) is 11.2 Å². The van der Waals surface area contributed by atoms with Gasteiger partial charge in [-0.3, -0.25) is 0 Å². The quantitative estimate of drug-likeness (QED) is 0.465. The highest BCUT2D eigenvalue weighted by Crippen LogP contribution is 2.30. The van der Waals surface area contributed by atoms with Crippen LogP contribution in [0.2, 0.25) is 0 Å². The minimum absolute atomic E-state index is 0.680. The first-order valence-corrected chi connectivity index (χ1v) is 10.00. The van der Waals surface area contributed by atoms with E-state index in [2.05, 4.69) is 78.9 Å². The van der Waals surface area contributed by atoms with Crippen molar-refractivity contribution in [2.24, 2.45) is 0 Å². The van der Waals surface area contributed by atoms with Crippen molar-refractivity contribution >= 4 is 34.5 Å². The van der Waals surface area contributed by atoms with Crippen molar-refractivity contribution in [2.75, 3.05) is 0 Å². The lowest BCUT2D eigenvalue weighted by atomic mass is 9.82. The van der Waals surface area contributed by atoms with Gasteiger partial charge < -0.3 is 9.76 Å². The average Bonchev–Trinajstić information content (AvgIpc) is 2.70. The molecule has 0 saturated carbocycles. The molecule has 4 aromatic carbocycles. The minimum Gasteiger partial charge on any atom is -0.427 e. The summed E-state index contributed by atoms with van der Waals surface area (Å²) in [4.78, 5) is 0. The molecule has 1 radical (unpaired) electrons. The van der Waals surface area contributed by atoms with Crippen LogP contribution in [-0.2, 0) is 4.65 Å². The molecule has 0 unspecified atom stereocenters. The van der Waals surface area contributed by atoms with E-state index in [1.807, 2.05) is 13.8 Å². The topological polar surface area (TPSA) is 29.5 Å². The van der Waals surface area contributed by atoms with Crippen molar-refractivity contribution in [1.29, 1.82) is 0 Å². The largest absolute Gasteiger partial charge is 0.427 e. The Bertz CT molecular complexity index is 1170. The van der Waals surface area contributed by atoms with Gasteiger partial charge in [0.25, 0.3) is 0 Å². The van der Waals surface area contributed by atoms with Crippen molar-refractivity contribution < 1.29 is 9.76 Å². The summed E-state index contributed by atoms with van der Waals surface area (Å²) >= 11 is 0. The summed E-state index contributed by atoms with van der Waals surface area (Å²) in [5, 5.41) is 15.1. The van der Waals surface area contributed by atoms with Crippen LogP contribution in [0.25, 0.3) is 32.7 Å². The Hall–Kier alpha value is -2.62. The molecule has 0 spiro atoms. The number of rotatable bonds is 5. The van der Waals surface area contributed by atoms with Gasteiger partial charge in [-0.2, -0.15) is 0 Å². The fraction of sp³-hybridized carbons (Fsp3) is 0.231. The zero-order valence-corrected chi connectivity index (χ0v) is 17.4. The molecule has 1 N–H and O–H groups in total. The predicted octanol–water partition coefficient (Wildman–Crippen LogP) is 5.47. The summed E-state index contributed by atoms with van der Waals surface area (Å²) in [5.74, 6) is 0. The molecule has 4 aromatic rings. The van der Waals surface area contributed by atoms with Gasteiger partial charge in [0.2, 0.25) is 0 Å². The lowest BCUT2D eigenvalue weighted by Crippen LogP contribution is -2.49. The number of benzene rings is 4. The molecule has 0 atom stereocenters. The second kappa shape index (κ2) is 7.33. The van der Waals surface area contributed by atoms with Gasteiger partial charge in [-0.1, -0.05) is 78.3 Å². The molecule has 29 heavy (non-hydrogen) atoms. The number of fused-ring (bicyclic) bond motifs is 2. The Kier molecular flexibility index (Phi) is 4.98. The summed E-state index contributed by atoms with van der Waals surface area (Å²) in [6.45, 7) is 7.30. The van der Waals surface area contributed by atoms with Gasteiger partial charge in [-0.15, -0.1) is 0 Å². The minimum atomic E-state index is -0.937. The molecular weight excluding hydrogens is 355 g/mol. The molecule has 0 heterocycles. The van der Waals surface area contributed by atoms with Gasteiger partial charge in [0.15, 0.2) is 0 Å². The molecular formula is C26H26BO2. The zero-order valence-electron chi connectivity index (χ0n) is 17.4. The molecule has 3 heteroatoms. The Morgan fingerprint density at radius 3 is 2.21 bits per heavy atom. The van der Waals surface area contributed by atoms with Crippen LogP contribution in [-0.4, -0.2) is 23.8 Å². The third-order valence-electron chi connectivity index (χ3n) is 5.93. The van der Waals surface area contributed by atoms with Crippen molar-refractivity contribution in [3.8, 4) is 11.1 Å². The molecule has 0 aliphatic rings. The maximum Gasteiger partial charge on any atom is 0.330 e. The average molecular weight is 381 g/mol. The molecule has 4 rings (SSSR count). The highest BCUT2D eigenvalue weighted by atomic mass is 16.5. The van der Waals surface area contributed by atoms with E-state index in [-0.39, 0.29) is 0 Å². The summed E-state index contributed by atoms with van der Waals surface area (Å²) in [5.41, 5.74) is 1.82. The first-order chi connectivity index (χ1) is 13.7. The van der Waals surface area contributed by atoms with Gasteiger partial charge in [0, 0.05) is 0 Å². The molecule has 2 nitrogen and oxygen atoms in total. The Balaban J connectivity index is 1.64. The van der Waals surface area contributed by atoms with Crippen LogP contribution >= 0.6 is 0 Å². The first kappa shape index (κ1) is 19.7. The van der Waals surface area contributed by atoms with Gasteiger partial charge >= 0.3 is 7.48 Å². The Morgan fingerprint density at radius 1 is 0.724 bits per heavy atom. The number of hydrogen-bond acceptors (Lipinski definition) is 2. The molecule has 0 aromatic heterocycles. The zero-order chi connectivity index (χ0) is 20.6. The third-order valence-corrected chi connectivity index (χ3v) is 5.93. The number of hydrogen-bond donors (Lipinski definition) is 1. The number of aliphatic hydroxyl groups is 1. The summed E-state index contributed by atoms with van der Waals surface area (Å²) in [7, 11) is 1.73. The normalized spacial score (nSPS) is 12.4. The maximum absolute atomic E-state index is 10.3. The highest BCUT2D eigenvalue weighted by Gasteiger charge is 2.35. The monoisotopic (exact) mass is 381 g/mol. The molecule has 0 fully saturated rings. The van der Waals surface area contributed by atoms with Gasteiger partial charge in [-0.25, -0.2) is 0 Å². The third kappa shape index (κ3) is 3.94. The first-order valence-electron chi connectivity index (χ1n) is 10.00. The lowest BCUT2D eigenvalue weighted by Gasteiger charge is -2.37. The summed E-state index contributed by atoms with van der Waals surface area (Å²) in [6.07, 6.45) is 0. The van der Waals surface area contributed by atoms with E-state index in [0.717, 1.165) is 10.8 Å². The molecule has 145 valence electrons. The van der Waals surface area contributed by atoms with E-state index in [9.17, 15) is 5.11 Å². The maximum atomic E-state index is 10.3. The van der Waals surface area contributed by atoms with Crippen LogP contribution in [0.3, 0.4) is 0 Å². The molecule has 0 amide bonds. The van der Waals surface area contributed by atoms with Gasteiger partial charge in [-0.05, 0) is 66.4 Å². The molecule has 0 bridgehead atoms. The SMILES string of the molecule is CC(C)(O)C(C)(C)O[B]c1ccc2cc(-c3cccc4ccccc34)ccc2c1. The lowest BCUT2D eigenvalue weighted by molar-refractivity contribution is -0.0893. The smallest absolute Gasteiger partial charge is 0.330 e. The van der Waals surface area contributed by atoms with E-state index in [4.69, 9.17) is 4.65 Å². The fourth-order valence-corrected chi connectivity index (χ4v) is 3.34. The molecule has 0 aliphatic carbocycles. The van der Waals surface area contributed by atoms with Crippen LogP contribution < -0.4 is 5.46 Å². The van der Waals surface area contributed by atoms with Gasteiger partial charge in [0.1, 0.15) is 0 Å². The van der Waals surface area contributed by atoms with Crippen LogP contribution in [0, 0.1) is 0 Å². The summed E-state index contributed by atoms with van der Waals surface area (Å²) in [6, 6.07) is 27.8. The second-order valence-electron chi connectivity index (χ2n) is 8.65. The fourth-order valence-electron chi connectivity index (χ4n) is 3.34. The van der Waals surface area contributed by atoms with Crippen LogP contribution in [0.15, 0.2) is 78.9 Å². The van der Waals surface area contributed by atoms with E-state index < -0.39 is 11.2 Å². The van der Waals surface area contributed by atoms with E-state index in [1.165, 1.54) is 27.3 Å². The van der Waals surface area contributed by atoms with E-state index in [1.54, 1.807) is 21.3 Å². The van der Waals surface area contributed by atoms with E-state index >= 15 is 0 Å². The Labute approximate surface area is 173 Å². The van der Waals surface area contributed by atoms with Crippen LogP contribution in [0.5, 0.6) is 0 Å². The van der Waals surface area contributed by atoms with Crippen molar-refractivity contribution in [1.82, 2.24) is 0 Å². The predicted molar refractivity (Wildman–Crippen MR) is 124 cm³/mol. The molecule has 0 aliphatic heterocycles.